The van der Waals surface area contributed by atoms with Crippen LogP contribution >= 0.6 is 47.2 Å². The van der Waals surface area contributed by atoms with Crippen molar-refractivity contribution >= 4 is 80.1 Å². The number of carbonyl (C=O) groups excluding carboxylic acids is 1. The van der Waals surface area contributed by atoms with Crippen LogP contribution in [0.2, 0.25) is 10.0 Å². The maximum absolute atomic E-state index is 12.9. The molecule has 3 aromatic rings. The van der Waals surface area contributed by atoms with Crippen LogP contribution < -0.4 is 4.90 Å². The zero-order chi connectivity index (χ0) is 18.4. The second-order valence-electron chi connectivity index (χ2n) is 5.86. The van der Waals surface area contributed by atoms with E-state index in [1.165, 1.54) is 16.7 Å². The molecule has 26 heavy (non-hydrogen) atoms. The van der Waals surface area contributed by atoms with Gasteiger partial charge in [0.2, 0.25) is 0 Å². The minimum Gasteiger partial charge on any atom is -0.350 e. The number of fused-ring (bicyclic) bond motifs is 1. The van der Waals surface area contributed by atoms with Crippen LogP contribution in [0.3, 0.4) is 0 Å². The number of anilines is 1. The third-order valence-corrected chi connectivity index (χ3v) is 5.85. The summed E-state index contributed by atoms with van der Waals surface area (Å²) in [5.41, 5.74) is 2.66. The van der Waals surface area contributed by atoms with E-state index < -0.39 is 0 Å². The summed E-state index contributed by atoms with van der Waals surface area (Å²) in [7, 11) is 1.98. The number of benzene rings is 2. The van der Waals surface area contributed by atoms with Gasteiger partial charge in [-0.3, -0.25) is 9.69 Å². The molecule has 1 aliphatic rings. The smallest absolute Gasteiger partial charge is 0.270 e. The van der Waals surface area contributed by atoms with E-state index in [0.29, 0.717) is 25.0 Å². The van der Waals surface area contributed by atoms with Crippen LogP contribution in [0.25, 0.3) is 17.0 Å². The average Bonchev–Trinajstić information content (AvgIpc) is 3.04. The highest BCUT2D eigenvalue weighted by Crippen LogP contribution is 2.38. The van der Waals surface area contributed by atoms with Crippen molar-refractivity contribution in [1.29, 1.82) is 0 Å². The average molecular weight is 419 g/mol. The van der Waals surface area contributed by atoms with Gasteiger partial charge in [0.15, 0.2) is 4.32 Å². The molecule has 2 aromatic carbocycles. The van der Waals surface area contributed by atoms with Crippen molar-refractivity contribution in [3.05, 3.63) is 69.2 Å². The summed E-state index contributed by atoms with van der Waals surface area (Å²) < 4.78 is 2.50. The van der Waals surface area contributed by atoms with Crippen molar-refractivity contribution in [2.24, 2.45) is 7.05 Å². The minimum absolute atomic E-state index is 0.175. The van der Waals surface area contributed by atoms with Gasteiger partial charge in [-0.25, -0.2) is 0 Å². The zero-order valence-corrected chi connectivity index (χ0v) is 16.7. The van der Waals surface area contributed by atoms with Gasteiger partial charge in [-0.15, -0.1) is 0 Å². The van der Waals surface area contributed by atoms with Gasteiger partial charge in [-0.1, -0.05) is 65.4 Å². The van der Waals surface area contributed by atoms with E-state index in [4.69, 9.17) is 35.4 Å². The van der Waals surface area contributed by atoms with Gasteiger partial charge in [-0.2, -0.15) is 0 Å². The molecule has 2 heterocycles. The standard InChI is InChI=1S/C19H12Cl2N2OS2/c1-22-10-11(15-4-2-3-5-16(15)22)6-17-18(24)23(19(25)26-17)14-8-12(20)7-13(21)9-14/h2-10H,1H3. The van der Waals surface area contributed by atoms with Crippen LogP contribution in [0.1, 0.15) is 5.56 Å². The Morgan fingerprint density at radius 1 is 1.12 bits per heavy atom. The number of halogens is 2. The molecule has 1 amide bonds. The molecule has 0 radical (unpaired) electrons. The van der Waals surface area contributed by atoms with Gasteiger partial charge in [0, 0.05) is 39.8 Å². The van der Waals surface area contributed by atoms with Crippen LogP contribution in [-0.4, -0.2) is 14.8 Å². The van der Waals surface area contributed by atoms with E-state index in [9.17, 15) is 4.79 Å². The number of thiocarbonyl (C=S) groups is 1. The Labute approximate surface area is 170 Å². The number of hydrogen-bond donors (Lipinski definition) is 0. The maximum Gasteiger partial charge on any atom is 0.270 e. The molecule has 0 bridgehead atoms. The zero-order valence-electron chi connectivity index (χ0n) is 13.6. The predicted octanol–water partition coefficient (Wildman–Crippen LogP) is 5.89. The first-order valence-electron chi connectivity index (χ1n) is 7.72. The molecular formula is C19H12Cl2N2OS2. The third-order valence-electron chi connectivity index (χ3n) is 4.11. The number of aryl methyl sites for hydroxylation is 1. The van der Waals surface area contributed by atoms with Crippen LogP contribution in [0.15, 0.2) is 53.6 Å². The second kappa shape index (κ2) is 6.74. The molecule has 1 fully saturated rings. The molecular weight excluding hydrogens is 407 g/mol. The summed E-state index contributed by atoms with van der Waals surface area (Å²) in [6, 6.07) is 13.0. The highest BCUT2D eigenvalue weighted by molar-refractivity contribution is 8.27. The highest BCUT2D eigenvalue weighted by atomic mass is 35.5. The number of aromatic nitrogens is 1. The molecule has 3 nitrogen and oxygen atoms in total. The molecule has 0 aliphatic carbocycles. The van der Waals surface area contributed by atoms with Crippen LogP contribution in [0, 0.1) is 0 Å². The summed E-state index contributed by atoms with van der Waals surface area (Å²) in [4.78, 5) is 15.0. The molecule has 4 rings (SSSR count). The second-order valence-corrected chi connectivity index (χ2v) is 8.41. The van der Waals surface area contributed by atoms with Crippen molar-refractivity contribution < 1.29 is 4.79 Å². The molecule has 7 heteroatoms. The fraction of sp³-hybridized carbons (Fsp3) is 0.0526. The van der Waals surface area contributed by atoms with E-state index in [1.807, 2.05) is 48.2 Å². The summed E-state index contributed by atoms with van der Waals surface area (Å²) in [6.07, 6.45) is 3.89. The number of thioether (sulfide) groups is 1. The Balaban J connectivity index is 1.76. The van der Waals surface area contributed by atoms with Crippen molar-refractivity contribution in [1.82, 2.24) is 4.57 Å². The fourth-order valence-corrected chi connectivity index (χ4v) is 4.79. The van der Waals surface area contributed by atoms with Crippen molar-refractivity contribution in [3.63, 3.8) is 0 Å². The lowest BCUT2D eigenvalue weighted by Crippen LogP contribution is -2.27. The van der Waals surface area contributed by atoms with Gasteiger partial charge in [-0.05, 0) is 30.3 Å². The van der Waals surface area contributed by atoms with E-state index >= 15 is 0 Å². The van der Waals surface area contributed by atoms with Crippen molar-refractivity contribution in [2.75, 3.05) is 4.90 Å². The van der Waals surface area contributed by atoms with Crippen molar-refractivity contribution in [2.45, 2.75) is 0 Å². The Bertz CT molecular complexity index is 1080. The van der Waals surface area contributed by atoms with Crippen LogP contribution in [0.4, 0.5) is 5.69 Å². The fourth-order valence-electron chi connectivity index (χ4n) is 2.99. The molecule has 130 valence electrons. The highest BCUT2D eigenvalue weighted by Gasteiger charge is 2.33. The first kappa shape index (κ1) is 17.6. The molecule has 1 saturated heterocycles. The lowest BCUT2D eigenvalue weighted by molar-refractivity contribution is -0.113. The summed E-state index contributed by atoms with van der Waals surface area (Å²) in [5.74, 6) is -0.175. The Morgan fingerprint density at radius 2 is 1.81 bits per heavy atom. The number of amides is 1. The van der Waals surface area contributed by atoms with Gasteiger partial charge < -0.3 is 4.57 Å². The summed E-state index contributed by atoms with van der Waals surface area (Å²) in [6.45, 7) is 0. The Morgan fingerprint density at radius 3 is 2.54 bits per heavy atom. The molecule has 0 spiro atoms. The number of nitrogens with zero attached hydrogens (tertiary/aromatic N) is 2. The molecule has 1 aliphatic heterocycles. The largest absolute Gasteiger partial charge is 0.350 e. The number of rotatable bonds is 2. The molecule has 1 aromatic heterocycles. The minimum atomic E-state index is -0.175. The predicted molar refractivity (Wildman–Crippen MR) is 115 cm³/mol. The summed E-state index contributed by atoms with van der Waals surface area (Å²) >= 11 is 18.8. The van der Waals surface area contributed by atoms with Gasteiger partial charge in [0.05, 0.1) is 10.6 Å². The van der Waals surface area contributed by atoms with Crippen LogP contribution in [0.5, 0.6) is 0 Å². The van der Waals surface area contributed by atoms with E-state index in [2.05, 4.69) is 0 Å². The first-order valence-corrected chi connectivity index (χ1v) is 9.70. The van der Waals surface area contributed by atoms with E-state index in [-0.39, 0.29) is 5.91 Å². The SMILES string of the molecule is Cn1cc(C=C2SC(=S)N(c3cc(Cl)cc(Cl)c3)C2=O)c2ccccc21. The number of hydrogen-bond acceptors (Lipinski definition) is 3. The lowest BCUT2D eigenvalue weighted by Gasteiger charge is -2.15. The first-order chi connectivity index (χ1) is 12.4. The third kappa shape index (κ3) is 3.05. The quantitative estimate of drug-likeness (QED) is 0.383. The van der Waals surface area contributed by atoms with Gasteiger partial charge in [0.1, 0.15) is 0 Å². The van der Waals surface area contributed by atoms with Crippen LogP contribution in [-0.2, 0) is 11.8 Å². The van der Waals surface area contributed by atoms with Gasteiger partial charge in [0.25, 0.3) is 5.91 Å². The maximum atomic E-state index is 12.9. The normalized spacial score (nSPS) is 16.3. The number of carbonyl (C=O) groups is 1. The molecule has 0 saturated carbocycles. The Hall–Kier alpha value is -1.79. The van der Waals surface area contributed by atoms with Crippen molar-refractivity contribution in [3.8, 4) is 0 Å². The number of para-hydroxylation sites is 1. The monoisotopic (exact) mass is 418 g/mol. The van der Waals surface area contributed by atoms with E-state index in [1.54, 1.807) is 18.2 Å². The summed E-state index contributed by atoms with van der Waals surface area (Å²) in [5, 5.41) is 2.00. The molecule has 0 unspecified atom stereocenters. The molecule has 0 atom stereocenters. The topological polar surface area (TPSA) is 25.2 Å². The Kier molecular flexibility index (Phi) is 4.57. The van der Waals surface area contributed by atoms with E-state index in [0.717, 1.165) is 16.5 Å². The van der Waals surface area contributed by atoms with Gasteiger partial charge >= 0.3 is 0 Å². The molecule has 0 N–H and O–H groups in total. The lowest BCUT2D eigenvalue weighted by atomic mass is 10.1.